The molecule has 15 nitrogen and oxygen atoms in total. The number of fused-ring (bicyclic) bond motifs is 1. The molecule has 0 saturated carbocycles. The third-order valence-corrected chi connectivity index (χ3v) is 13.1. The summed E-state index contributed by atoms with van der Waals surface area (Å²) in [6.07, 6.45) is -1.63. The maximum absolute atomic E-state index is 12.1. The van der Waals surface area contributed by atoms with Crippen LogP contribution in [0, 0.1) is 11.3 Å². The largest absolute Gasteiger partial charge is 0.497 e. The van der Waals surface area contributed by atoms with Gasteiger partial charge in [-0.1, -0.05) is 109 Å². The summed E-state index contributed by atoms with van der Waals surface area (Å²) in [5.41, 5.74) is -2.18. The molecule has 1 aliphatic heterocycles. The van der Waals surface area contributed by atoms with Gasteiger partial charge < -0.3 is 49.6 Å². The summed E-state index contributed by atoms with van der Waals surface area (Å²) in [7, 11) is 6.43. The zero-order valence-electron chi connectivity index (χ0n) is 38.6. The Morgan fingerprint density at radius 2 is 1.03 bits per heavy atom. The Kier molecular flexibility index (Phi) is 12.4. The molecule has 0 amide bonds. The number of aliphatic hydroxyl groups is 3. The number of nitrogens with one attached hydrogen (secondary N) is 2. The Morgan fingerprint density at radius 1 is 0.638 bits per heavy atom. The van der Waals surface area contributed by atoms with Crippen LogP contribution in [-0.2, 0) is 21.4 Å². The number of anilines is 2. The van der Waals surface area contributed by atoms with Crippen molar-refractivity contribution in [3.8, 4) is 29.1 Å². The summed E-state index contributed by atoms with van der Waals surface area (Å²) in [6, 6.07) is 52.6. The van der Waals surface area contributed by atoms with Gasteiger partial charge in [0.05, 0.1) is 41.2 Å². The van der Waals surface area contributed by atoms with Gasteiger partial charge in [0.2, 0.25) is 11.5 Å². The molecule has 6 aromatic carbocycles. The van der Waals surface area contributed by atoms with E-state index in [2.05, 4.69) is 16.7 Å². The number of hydrogen-bond acceptors (Lipinski definition) is 14. The zero-order valence-corrected chi connectivity index (χ0v) is 38.6. The number of nitriles is 1. The minimum absolute atomic E-state index is 0.0353. The van der Waals surface area contributed by atoms with Crippen LogP contribution >= 0.6 is 0 Å². The molecule has 0 bridgehead atoms. The molecular weight excluding hydrogens is 875 g/mol. The predicted octanol–water partition coefficient (Wildman–Crippen LogP) is 7.19. The van der Waals surface area contributed by atoms with Crippen molar-refractivity contribution < 1.29 is 39.0 Å². The number of rotatable bonds is 16. The fourth-order valence-corrected chi connectivity index (χ4v) is 9.41. The van der Waals surface area contributed by atoms with Crippen LogP contribution < -0.4 is 29.6 Å². The van der Waals surface area contributed by atoms with Gasteiger partial charge in [-0.05, 0) is 88.8 Å². The number of imidazole rings is 1. The summed E-state index contributed by atoms with van der Waals surface area (Å²) in [5, 5.41) is 57.7. The van der Waals surface area contributed by atoms with Gasteiger partial charge in [-0.2, -0.15) is 10.2 Å². The van der Waals surface area contributed by atoms with Gasteiger partial charge in [-0.3, -0.25) is 0 Å². The van der Waals surface area contributed by atoms with Crippen molar-refractivity contribution >= 4 is 17.4 Å². The molecule has 1 aliphatic rings. The average molecular weight is 926 g/mol. The van der Waals surface area contributed by atoms with E-state index < -0.39 is 41.1 Å². The van der Waals surface area contributed by atoms with E-state index in [1.807, 2.05) is 158 Å². The maximum atomic E-state index is 12.1. The fraction of sp³-hybridized carbons (Fsp3) is 0.222. The normalized spacial score (nSPS) is 19.1. The molecule has 0 radical (unpaired) electrons. The smallest absolute Gasteiger partial charge is 0.244 e. The van der Waals surface area contributed by atoms with E-state index in [9.17, 15) is 20.6 Å². The highest BCUT2D eigenvalue weighted by molar-refractivity contribution is 5.71. The first-order valence-electron chi connectivity index (χ1n) is 22.1. The third-order valence-electron chi connectivity index (χ3n) is 13.1. The van der Waals surface area contributed by atoms with Crippen LogP contribution in [-0.4, -0.2) is 87.8 Å². The fourth-order valence-electron chi connectivity index (χ4n) is 9.41. The summed E-state index contributed by atoms with van der Waals surface area (Å²) in [4.78, 5) is 10.2. The molecule has 1 fully saturated rings. The molecule has 2 aromatic heterocycles. The lowest BCUT2D eigenvalue weighted by molar-refractivity contribution is -0.109. The zero-order chi connectivity index (χ0) is 48.4. The second-order valence-electron chi connectivity index (χ2n) is 16.8. The SMILES string of the molecule is COc1ccc(C(Nc2nc(NC(c3ccccc3)(c3ccc(OC)cc3)c3ccc(OC)cc3)c3ncc([C@]4(C#N)O[C@H](CO)[C@@H](O)[C@@]4(C)O)n3n2)(c2ccccc2)c2ccc(OC)cc2)cc1. The van der Waals surface area contributed by atoms with Crippen molar-refractivity contribution in [3.63, 3.8) is 0 Å². The summed E-state index contributed by atoms with van der Waals surface area (Å²) in [5.74, 6) is 2.80. The molecule has 3 heterocycles. The number of aliphatic hydroxyl groups excluding tert-OH is 2. The van der Waals surface area contributed by atoms with Crippen LogP contribution in [0.3, 0.4) is 0 Å². The molecule has 0 aliphatic carbocycles. The molecule has 4 atom stereocenters. The Labute approximate surface area is 399 Å². The first kappa shape index (κ1) is 46.1. The predicted molar refractivity (Wildman–Crippen MR) is 259 cm³/mol. The molecule has 9 rings (SSSR count). The molecule has 350 valence electrons. The monoisotopic (exact) mass is 925 g/mol. The number of methoxy groups -OCH3 is 4. The molecule has 15 heteroatoms. The minimum Gasteiger partial charge on any atom is -0.497 e. The second-order valence-corrected chi connectivity index (χ2v) is 16.8. The summed E-state index contributed by atoms with van der Waals surface area (Å²) >= 11 is 0. The van der Waals surface area contributed by atoms with Gasteiger partial charge in [-0.25, -0.2) is 9.50 Å². The first-order chi connectivity index (χ1) is 33.5. The van der Waals surface area contributed by atoms with Gasteiger partial charge in [0, 0.05) is 0 Å². The van der Waals surface area contributed by atoms with E-state index in [0.717, 1.165) is 33.4 Å². The molecule has 69 heavy (non-hydrogen) atoms. The molecule has 0 spiro atoms. The van der Waals surface area contributed by atoms with Gasteiger partial charge in [0.15, 0.2) is 11.5 Å². The van der Waals surface area contributed by atoms with E-state index >= 15 is 0 Å². The second kappa shape index (κ2) is 18.6. The van der Waals surface area contributed by atoms with Crippen LogP contribution in [0.2, 0.25) is 0 Å². The van der Waals surface area contributed by atoms with Gasteiger partial charge >= 0.3 is 0 Å². The van der Waals surface area contributed by atoms with Crippen molar-refractivity contribution in [2.24, 2.45) is 0 Å². The van der Waals surface area contributed by atoms with Crippen molar-refractivity contribution in [1.82, 2.24) is 19.6 Å². The number of aromatic nitrogens is 4. The van der Waals surface area contributed by atoms with Crippen LogP contribution in [0.15, 0.2) is 164 Å². The first-order valence-corrected chi connectivity index (χ1v) is 22.1. The van der Waals surface area contributed by atoms with Crippen molar-refractivity contribution in [2.75, 3.05) is 45.7 Å². The van der Waals surface area contributed by atoms with Gasteiger partial charge in [0.25, 0.3) is 0 Å². The minimum atomic E-state index is -2.30. The average Bonchev–Trinajstić information content (AvgIpc) is 3.92. The van der Waals surface area contributed by atoms with Crippen molar-refractivity contribution in [2.45, 2.75) is 41.4 Å². The highest BCUT2D eigenvalue weighted by Gasteiger charge is 2.65. The number of ether oxygens (including phenoxy) is 5. The topological polar surface area (TPSA) is 198 Å². The Bertz CT molecular complexity index is 2980. The molecule has 0 unspecified atom stereocenters. The van der Waals surface area contributed by atoms with E-state index in [1.165, 1.54) is 17.6 Å². The van der Waals surface area contributed by atoms with E-state index in [1.54, 1.807) is 28.4 Å². The lowest BCUT2D eigenvalue weighted by Gasteiger charge is -2.39. The van der Waals surface area contributed by atoms with E-state index in [0.29, 0.717) is 23.0 Å². The van der Waals surface area contributed by atoms with Gasteiger partial charge in [0.1, 0.15) is 63.6 Å². The van der Waals surface area contributed by atoms with Crippen molar-refractivity contribution in [3.05, 3.63) is 203 Å². The molecule has 5 N–H and O–H groups in total. The highest BCUT2D eigenvalue weighted by atomic mass is 16.6. The van der Waals surface area contributed by atoms with Crippen LogP contribution in [0.4, 0.5) is 11.8 Å². The lowest BCUT2D eigenvalue weighted by atomic mass is 9.77. The number of nitrogens with zero attached hydrogens (tertiary/aromatic N) is 5. The Morgan fingerprint density at radius 3 is 1.39 bits per heavy atom. The van der Waals surface area contributed by atoms with Gasteiger partial charge in [-0.15, -0.1) is 5.10 Å². The molecule has 8 aromatic rings. The van der Waals surface area contributed by atoms with Crippen LogP contribution in [0.25, 0.3) is 5.65 Å². The highest BCUT2D eigenvalue weighted by Crippen LogP contribution is 2.49. The number of benzene rings is 6. The van der Waals surface area contributed by atoms with E-state index in [-0.39, 0.29) is 23.1 Å². The standard InChI is InChI=1S/C54H51N7O8/c1-51(64)47(63)45(33-62)69-52(51,34-55)46-32-56-49-48(58-53(35-12-8-6-9-13-35,37-16-24-41(65-2)25-17-37)38-18-26-42(66-3)27-19-38)57-50(60-61(46)49)59-54(36-14-10-7-11-15-36,39-20-28-43(67-4)29-21-39)40-22-30-44(68-5)31-23-40/h6-32,45,47,62-64H,33H2,1-5H3,(H2,57,58,59,60)/t45-,47-,51-,52+/m1/s1. The van der Waals surface area contributed by atoms with Crippen LogP contribution in [0.1, 0.15) is 46.0 Å². The maximum Gasteiger partial charge on any atom is 0.244 e. The summed E-state index contributed by atoms with van der Waals surface area (Å²) in [6.45, 7) is 0.607. The van der Waals surface area contributed by atoms with Crippen molar-refractivity contribution in [1.29, 1.82) is 5.26 Å². The van der Waals surface area contributed by atoms with E-state index in [4.69, 9.17) is 38.8 Å². The molecular formula is C54H51N7O8. The van der Waals surface area contributed by atoms with Crippen LogP contribution in [0.5, 0.6) is 23.0 Å². The molecule has 1 saturated heterocycles. The Balaban J connectivity index is 1.37. The quantitative estimate of drug-likeness (QED) is 0.0611. The Hall–Kier alpha value is -8.00. The summed E-state index contributed by atoms with van der Waals surface area (Å²) < 4.78 is 30.1. The lowest BCUT2D eigenvalue weighted by Crippen LogP contribution is -2.52. The third kappa shape index (κ3) is 7.69. The number of hydrogen-bond donors (Lipinski definition) is 5.